The normalized spacial score (nSPS) is 12.3. The number of nitrogens with one attached hydrogen (secondary N) is 1. The predicted octanol–water partition coefficient (Wildman–Crippen LogP) is 3.07. The number of rotatable bonds is 6. The van der Waals surface area contributed by atoms with Gasteiger partial charge < -0.3 is 14.7 Å². The molecular weight excluding hydrogens is 343 g/mol. The molecule has 25 heavy (non-hydrogen) atoms. The van der Waals surface area contributed by atoms with Gasteiger partial charge in [0, 0.05) is 5.56 Å². The number of halogens is 3. The number of benzene rings is 2. The second kappa shape index (κ2) is 7.77. The van der Waals surface area contributed by atoms with E-state index in [0.717, 1.165) is 0 Å². The van der Waals surface area contributed by atoms with Crippen LogP contribution in [0.25, 0.3) is 0 Å². The molecule has 2 aromatic carbocycles. The van der Waals surface area contributed by atoms with E-state index in [2.05, 4.69) is 4.74 Å². The fourth-order valence-corrected chi connectivity index (χ4v) is 1.87. The summed E-state index contributed by atoms with van der Waals surface area (Å²) in [5, 5.41) is 8.81. The largest absolute Gasteiger partial charge is 0.575 e. The summed E-state index contributed by atoms with van der Waals surface area (Å²) in [5.41, 5.74) is 1.10. The van der Waals surface area contributed by atoms with Crippen molar-refractivity contribution >= 4 is 11.8 Å². The van der Waals surface area contributed by atoms with Crippen molar-refractivity contribution in [1.29, 1.82) is 0 Å². The van der Waals surface area contributed by atoms with Crippen LogP contribution < -0.4 is 10.2 Å². The highest BCUT2D eigenvalue weighted by molar-refractivity contribution is 6.12. The highest BCUT2D eigenvalue weighted by Crippen LogP contribution is 2.22. The zero-order valence-electron chi connectivity index (χ0n) is 12.5. The van der Waals surface area contributed by atoms with Gasteiger partial charge in [0.15, 0.2) is 11.8 Å². The van der Waals surface area contributed by atoms with Gasteiger partial charge in [-0.3, -0.25) is 4.79 Å². The molecule has 0 aliphatic carbocycles. The minimum atomic E-state index is -5.26. The van der Waals surface area contributed by atoms with Crippen LogP contribution in [0, 0.1) is 0 Å². The summed E-state index contributed by atoms with van der Waals surface area (Å²) in [6.45, 7) is 0. The zero-order chi connectivity index (χ0) is 18.4. The average molecular weight is 355 g/mol. The van der Waals surface area contributed by atoms with Gasteiger partial charge in [-0.05, 0) is 36.4 Å². The lowest BCUT2D eigenvalue weighted by molar-refractivity contribution is -0.306. The first-order valence-corrected chi connectivity index (χ1v) is 6.86. The smallest absolute Gasteiger partial charge is 0.457 e. The van der Waals surface area contributed by atoms with Crippen molar-refractivity contribution in [3.8, 4) is 11.5 Å². The third-order valence-electron chi connectivity index (χ3n) is 2.96. The van der Waals surface area contributed by atoms with E-state index < -0.39 is 24.2 Å². The molecule has 0 aliphatic rings. The van der Waals surface area contributed by atoms with E-state index in [0.29, 0.717) is 11.5 Å². The molecule has 6 nitrogen and oxygen atoms in total. The molecule has 0 amide bonds. The van der Waals surface area contributed by atoms with Gasteiger partial charge in [-0.25, -0.2) is 4.79 Å². The van der Waals surface area contributed by atoms with Gasteiger partial charge in [-0.2, -0.15) is 5.48 Å². The number of alkyl halides is 3. The Morgan fingerprint density at radius 2 is 1.52 bits per heavy atom. The third-order valence-corrected chi connectivity index (χ3v) is 2.96. The molecule has 0 saturated heterocycles. The molecule has 0 radical (unpaired) electrons. The lowest BCUT2D eigenvalue weighted by atomic mass is 10.0. The Kier molecular flexibility index (Phi) is 5.73. The third kappa shape index (κ3) is 5.30. The van der Waals surface area contributed by atoms with Gasteiger partial charge in [-0.15, -0.1) is 13.2 Å². The summed E-state index contributed by atoms with van der Waals surface area (Å²) >= 11 is 0. The monoisotopic (exact) mass is 355 g/mol. The molecule has 0 heterocycles. The molecule has 0 fully saturated rings. The van der Waals surface area contributed by atoms with Gasteiger partial charge in [-0.1, -0.05) is 18.2 Å². The SMILES string of the molecule is O=C(OC(F)(F)F)C(NO)C(=O)c1ccc(Oc2ccccc2)cc1. The molecule has 0 bridgehead atoms. The van der Waals surface area contributed by atoms with Crippen LogP contribution in [-0.2, 0) is 9.53 Å². The quantitative estimate of drug-likeness (QED) is 0.359. The van der Waals surface area contributed by atoms with E-state index in [9.17, 15) is 22.8 Å². The van der Waals surface area contributed by atoms with Crippen molar-refractivity contribution in [3.63, 3.8) is 0 Å². The molecule has 0 saturated carbocycles. The molecule has 0 aromatic heterocycles. The van der Waals surface area contributed by atoms with Crippen molar-refractivity contribution in [3.05, 3.63) is 60.2 Å². The number of carbonyl (C=O) groups excluding carboxylic acids is 2. The summed E-state index contributed by atoms with van der Waals surface area (Å²) in [6, 6.07) is 11.8. The Morgan fingerprint density at radius 3 is 2.04 bits per heavy atom. The van der Waals surface area contributed by atoms with Gasteiger partial charge >= 0.3 is 12.3 Å². The summed E-state index contributed by atoms with van der Waals surface area (Å²) < 4.78 is 44.8. The summed E-state index contributed by atoms with van der Waals surface area (Å²) in [4.78, 5) is 23.3. The first-order valence-electron chi connectivity index (χ1n) is 6.86. The molecule has 1 atom stereocenters. The highest BCUT2D eigenvalue weighted by atomic mass is 19.4. The lowest BCUT2D eigenvalue weighted by Crippen LogP contribution is -2.44. The number of para-hydroxylation sites is 1. The number of hydrogen-bond acceptors (Lipinski definition) is 6. The summed E-state index contributed by atoms with van der Waals surface area (Å²) in [5.74, 6) is -2.15. The molecule has 2 rings (SSSR count). The Balaban J connectivity index is 2.09. The number of carbonyl (C=O) groups is 2. The van der Waals surface area contributed by atoms with Crippen LogP contribution in [0.15, 0.2) is 54.6 Å². The Bertz CT molecular complexity index is 732. The van der Waals surface area contributed by atoms with E-state index in [4.69, 9.17) is 9.94 Å². The van der Waals surface area contributed by atoms with Crippen LogP contribution in [0.3, 0.4) is 0 Å². The minimum Gasteiger partial charge on any atom is -0.457 e. The second-order valence-electron chi connectivity index (χ2n) is 4.73. The van der Waals surface area contributed by atoms with Crippen LogP contribution in [0.4, 0.5) is 13.2 Å². The van der Waals surface area contributed by atoms with Crippen LogP contribution in [-0.4, -0.2) is 29.4 Å². The van der Waals surface area contributed by atoms with Crippen LogP contribution in [0.1, 0.15) is 10.4 Å². The summed E-state index contributed by atoms with van der Waals surface area (Å²) in [7, 11) is 0. The first-order chi connectivity index (χ1) is 11.8. The van der Waals surface area contributed by atoms with Gasteiger partial charge in [0.05, 0.1) is 0 Å². The lowest BCUT2D eigenvalue weighted by Gasteiger charge is -2.14. The van der Waals surface area contributed by atoms with Crippen molar-refractivity contribution in [2.75, 3.05) is 0 Å². The first kappa shape index (κ1) is 18.4. The number of hydroxylamine groups is 1. The van der Waals surface area contributed by atoms with E-state index >= 15 is 0 Å². The molecular formula is C16H12F3NO5. The maximum Gasteiger partial charge on any atom is 0.575 e. The van der Waals surface area contributed by atoms with Gasteiger partial charge in [0.25, 0.3) is 0 Å². The molecule has 1 unspecified atom stereocenters. The Morgan fingerprint density at radius 1 is 0.960 bits per heavy atom. The topological polar surface area (TPSA) is 84.9 Å². The molecule has 2 N–H and O–H groups in total. The van der Waals surface area contributed by atoms with Crippen molar-refractivity contribution in [2.45, 2.75) is 12.4 Å². The molecule has 0 aliphatic heterocycles. The van der Waals surface area contributed by atoms with Crippen molar-refractivity contribution in [2.24, 2.45) is 0 Å². The Hall–Kier alpha value is -2.91. The fourth-order valence-electron chi connectivity index (χ4n) is 1.87. The van der Waals surface area contributed by atoms with Gasteiger partial charge in [0.1, 0.15) is 11.5 Å². The molecule has 9 heteroatoms. The predicted molar refractivity (Wildman–Crippen MR) is 78.1 cm³/mol. The molecule has 0 spiro atoms. The number of ketones is 1. The second-order valence-corrected chi connectivity index (χ2v) is 4.73. The maximum absolute atomic E-state index is 12.0. The number of ether oxygens (including phenoxy) is 2. The van der Waals surface area contributed by atoms with Crippen molar-refractivity contribution < 1.29 is 37.4 Å². The van der Waals surface area contributed by atoms with E-state index in [1.165, 1.54) is 29.7 Å². The minimum absolute atomic E-state index is 0.119. The van der Waals surface area contributed by atoms with E-state index in [-0.39, 0.29) is 5.56 Å². The maximum atomic E-state index is 12.0. The Labute approximate surface area is 139 Å². The number of esters is 1. The van der Waals surface area contributed by atoms with Crippen LogP contribution in [0.2, 0.25) is 0 Å². The molecule has 132 valence electrons. The van der Waals surface area contributed by atoms with Crippen LogP contribution >= 0.6 is 0 Å². The van der Waals surface area contributed by atoms with E-state index in [1.807, 2.05) is 0 Å². The highest BCUT2D eigenvalue weighted by Gasteiger charge is 2.39. The van der Waals surface area contributed by atoms with E-state index in [1.54, 1.807) is 30.3 Å². The average Bonchev–Trinajstić information content (AvgIpc) is 2.55. The standard InChI is InChI=1S/C16H12F3NO5/c17-16(18,19)25-15(22)13(20-23)14(21)10-6-8-12(9-7-10)24-11-4-2-1-3-5-11/h1-9,13,20,23H. The fraction of sp³-hybridized carbons (Fsp3) is 0.125. The number of Topliss-reactive ketones (excluding diaryl/α,β-unsaturated/α-hetero) is 1. The summed E-state index contributed by atoms with van der Waals surface area (Å²) in [6.07, 6.45) is -5.26. The molecule has 2 aromatic rings. The number of hydrogen-bond donors (Lipinski definition) is 2. The van der Waals surface area contributed by atoms with Gasteiger partial charge in [0.2, 0.25) is 0 Å². The van der Waals surface area contributed by atoms with Crippen molar-refractivity contribution in [1.82, 2.24) is 5.48 Å². The van der Waals surface area contributed by atoms with Crippen LogP contribution in [0.5, 0.6) is 11.5 Å². The zero-order valence-corrected chi connectivity index (χ0v) is 12.5.